The van der Waals surface area contributed by atoms with E-state index in [1.165, 1.54) is 37.0 Å². The Morgan fingerprint density at radius 1 is 0.584 bits per heavy atom. The first kappa shape index (κ1) is 53.4. The quantitative estimate of drug-likeness (QED) is 0.165. The molecule has 21 nitrogen and oxygen atoms in total. The summed E-state index contributed by atoms with van der Waals surface area (Å²) >= 11 is 0. The maximum atomic E-state index is 13.0. The molecule has 3 N–H and O–H groups in total. The second kappa shape index (κ2) is 25.0. The zero-order valence-corrected chi connectivity index (χ0v) is 44.7. The third-order valence-corrected chi connectivity index (χ3v) is 16.7. The van der Waals surface area contributed by atoms with E-state index in [2.05, 4.69) is 67.0 Å². The number of nitrogen functional groups attached to an aromatic ring is 1. The second-order valence-electron chi connectivity index (χ2n) is 20.6. The van der Waals surface area contributed by atoms with Crippen LogP contribution in [-0.2, 0) is 20.3 Å². The predicted molar refractivity (Wildman–Crippen MR) is 296 cm³/mol. The molecule has 0 bridgehead atoms. The van der Waals surface area contributed by atoms with E-state index < -0.39 is 10.8 Å². The van der Waals surface area contributed by atoms with Gasteiger partial charge in [-0.15, -0.1) is 0 Å². The Kier molecular flexibility index (Phi) is 17.4. The molecule has 0 aromatic carbocycles. The van der Waals surface area contributed by atoms with Gasteiger partial charge in [0.2, 0.25) is 11.1 Å². The van der Waals surface area contributed by atoms with Crippen molar-refractivity contribution in [1.82, 2.24) is 48.8 Å². The summed E-state index contributed by atoms with van der Waals surface area (Å²) in [6.07, 6.45) is 21.2. The highest BCUT2D eigenvalue weighted by Gasteiger charge is 2.29. The average Bonchev–Trinajstić information content (AvgIpc) is 4.26. The van der Waals surface area contributed by atoms with E-state index in [9.17, 15) is 19.1 Å². The Bertz CT molecular complexity index is 3210. The van der Waals surface area contributed by atoms with Gasteiger partial charge in [0.25, 0.3) is 11.1 Å². The third-order valence-electron chi connectivity index (χ3n) is 15.9. The molecule has 6 fully saturated rings. The number of pyridine rings is 4. The van der Waals surface area contributed by atoms with Crippen LogP contribution in [0.15, 0.2) is 75.9 Å². The van der Waals surface area contributed by atoms with Crippen LogP contribution in [0, 0.1) is 22.7 Å². The van der Waals surface area contributed by atoms with Crippen LogP contribution in [0.5, 0.6) is 0 Å². The van der Waals surface area contributed by atoms with Crippen molar-refractivity contribution in [3.63, 3.8) is 0 Å². The summed E-state index contributed by atoms with van der Waals surface area (Å²) in [5.74, 6) is 1.62. The Morgan fingerprint density at radius 2 is 1.05 bits per heavy atom. The zero-order valence-electron chi connectivity index (χ0n) is 43.8. The van der Waals surface area contributed by atoms with Crippen LogP contribution in [0.3, 0.4) is 0 Å². The summed E-state index contributed by atoms with van der Waals surface area (Å²) < 4.78 is 25.8. The van der Waals surface area contributed by atoms with Gasteiger partial charge >= 0.3 is 0 Å². The first-order valence-electron chi connectivity index (χ1n) is 27.2. The summed E-state index contributed by atoms with van der Waals surface area (Å²) in [6.45, 7) is 12.0. The Hall–Kier alpha value is -6.95. The van der Waals surface area contributed by atoms with E-state index >= 15 is 0 Å². The molecule has 6 aromatic rings. The van der Waals surface area contributed by atoms with E-state index in [1.54, 1.807) is 21.4 Å². The number of anilines is 5. The first-order valence-corrected chi connectivity index (χ1v) is 28.8. The van der Waals surface area contributed by atoms with Gasteiger partial charge in [-0.25, -0.2) is 24.9 Å². The fourth-order valence-corrected chi connectivity index (χ4v) is 12.2. The molecule has 0 radical (unpaired) electrons. The molecule has 1 unspecified atom stereocenters. The number of nitrogens with two attached hydrogens (primary N) is 1. The smallest absolute Gasteiger partial charge is 0.270 e. The van der Waals surface area contributed by atoms with Crippen molar-refractivity contribution in [3.05, 3.63) is 93.0 Å². The highest BCUT2D eigenvalue weighted by Crippen LogP contribution is 2.33. The molecule has 404 valence electrons. The van der Waals surface area contributed by atoms with Crippen molar-refractivity contribution in [1.29, 1.82) is 10.5 Å². The van der Waals surface area contributed by atoms with Gasteiger partial charge < -0.3 is 30.3 Å². The largest absolute Gasteiger partial charge is 0.384 e. The summed E-state index contributed by atoms with van der Waals surface area (Å²) in [4.78, 5) is 61.7. The average molecular weight is 1070 g/mol. The number of nitriles is 2. The van der Waals surface area contributed by atoms with Crippen LogP contribution in [0.4, 0.5) is 29.0 Å². The first-order chi connectivity index (χ1) is 37.6. The molecule has 0 spiro atoms. The lowest BCUT2D eigenvalue weighted by molar-refractivity contribution is 0.0115. The molecule has 1 atom stereocenters. The van der Waals surface area contributed by atoms with E-state index in [0.717, 1.165) is 155 Å². The standard InChI is InChI=1S/C27H32N8O2.C14H14N4O2S.C14H22N4O/c28-16-19-15-20-17-30-27(32-25(20)35(26(19)36)22-3-1-2-4-22)31-24-6-5-23(18-29-24)33-9-7-21(8-10-33)34-11-13-37-14-12-34;1-21(20)14-16-8-10-6-9(7-15)13(19)18(12(10)17-14)11-4-2-3-5-11;15-14-2-1-13(11-16-14)17-5-3-12(4-6-17)18-7-9-19-10-8-18/h5-6,15,17-18,21-22H,1-4,7-14H2,(H,29,30,31,32);6,8,11H,2-5H2,1H3;1-2,11-12H,3-10H2,(H2,15,16). The van der Waals surface area contributed by atoms with Gasteiger partial charge in [0.15, 0.2) is 0 Å². The number of hydrogen-bond acceptors (Lipinski definition) is 19. The number of morpholine rings is 2. The van der Waals surface area contributed by atoms with Gasteiger partial charge in [-0.3, -0.25) is 32.7 Å². The van der Waals surface area contributed by atoms with Crippen molar-refractivity contribution in [2.24, 2.45) is 0 Å². The summed E-state index contributed by atoms with van der Waals surface area (Å²) in [5.41, 5.74) is 8.62. The Balaban J connectivity index is 0.000000143. The monoisotopic (exact) mass is 1060 g/mol. The molecule has 12 rings (SSSR count). The van der Waals surface area contributed by atoms with E-state index in [0.29, 0.717) is 45.7 Å². The van der Waals surface area contributed by atoms with E-state index in [4.69, 9.17) is 20.5 Å². The van der Waals surface area contributed by atoms with E-state index in [1.807, 2.05) is 36.7 Å². The number of aromatic nitrogens is 8. The van der Waals surface area contributed by atoms with Crippen LogP contribution in [0.1, 0.15) is 100 Å². The lowest BCUT2D eigenvalue weighted by Gasteiger charge is -2.40. The summed E-state index contributed by atoms with van der Waals surface area (Å²) in [7, 11) is -1.31. The Morgan fingerprint density at radius 3 is 1.49 bits per heavy atom. The number of nitrogens with one attached hydrogen (secondary N) is 1. The molecular weight excluding hydrogens is 997 g/mol. The molecule has 0 amide bonds. The number of piperidine rings is 2. The normalized spacial score (nSPS) is 19.7. The second-order valence-corrected chi connectivity index (χ2v) is 21.9. The third kappa shape index (κ3) is 12.6. The number of ether oxygens (including phenoxy) is 2. The van der Waals surface area contributed by atoms with Gasteiger partial charge in [-0.05, 0) is 87.8 Å². The maximum absolute atomic E-state index is 13.0. The van der Waals surface area contributed by atoms with Gasteiger partial charge in [0, 0.05) is 106 Å². The van der Waals surface area contributed by atoms with Gasteiger partial charge in [-0.1, -0.05) is 25.7 Å². The molecule has 22 heteroatoms. The molecule has 77 heavy (non-hydrogen) atoms. The molecule has 6 aromatic heterocycles. The van der Waals surface area contributed by atoms with Crippen molar-refractivity contribution in [2.45, 2.75) is 106 Å². The van der Waals surface area contributed by atoms with E-state index in [-0.39, 0.29) is 39.5 Å². The molecule has 6 aliphatic rings. The van der Waals surface area contributed by atoms with Gasteiger partial charge in [0.05, 0.1) is 61.0 Å². The molecule has 4 saturated heterocycles. The topological polar surface area (TPSA) is 255 Å². The minimum absolute atomic E-state index is 0.0568. The fourth-order valence-electron chi connectivity index (χ4n) is 11.8. The fraction of sp³-hybridized carbons (Fsp3) is 0.527. The lowest BCUT2D eigenvalue weighted by atomic mass is 10.0. The minimum Gasteiger partial charge on any atom is -0.384 e. The predicted octanol–water partition coefficient (Wildman–Crippen LogP) is 5.70. The van der Waals surface area contributed by atoms with Crippen molar-refractivity contribution in [2.75, 3.05) is 106 Å². The van der Waals surface area contributed by atoms with Crippen molar-refractivity contribution < 1.29 is 13.7 Å². The minimum atomic E-state index is -1.31. The number of hydrogen-bond donors (Lipinski definition) is 2. The molecule has 4 aliphatic heterocycles. The molecule has 2 saturated carbocycles. The Labute approximate surface area is 450 Å². The van der Waals surface area contributed by atoms with Crippen LogP contribution in [0.25, 0.3) is 22.1 Å². The number of fused-ring (bicyclic) bond motifs is 2. The SMILES string of the molecule is CS(=O)c1ncc2cc(C#N)c(=O)n(C3CCCC3)c2n1.N#Cc1cc2cnc(Nc3ccc(N4CCC(N5CCOCC5)CC4)cn3)nc2n(C2CCCC2)c1=O.Nc1ccc(N2CCC(N3CCOCC3)CC2)cn1. The molecule has 10 heterocycles. The summed E-state index contributed by atoms with van der Waals surface area (Å²) in [5, 5.41) is 23.3. The van der Waals surface area contributed by atoms with Gasteiger partial charge in [-0.2, -0.15) is 15.5 Å². The van der Waals surface area contributed by atoms with Crippen LogP contribution in [-0.4, -0.2) is 150 Å². The zero-order chi connectivity index (χ0) is 53.3. The number of nitrogens with zero attached hydrogens (tertiary/aromatic N) is 14. The van der Waals surface area contributed by atoms with Crippen molar-refractivity contribution in [3.8, 4) is 12.1 Å². The van der Waals surface area contributed by atoms with Crippen molar-refractivity contribution >= 4 is 61.8 Å². The van der Waals surface area contributed by atoms with Crippen LogP contribution >= 0.6 is 0 Å². The maximum Gasteiger partial charge on any atom is 0.270 e. The van der Waals surface area contributed by atoms with Gasteiger partial charge in [0.1, 0.15) is 46.2 Å². The highest BCUT2D eigenvalue weighted by atomic mass is 32.2. The lowest BCUT2D eigenvalue weighted by Crippen LogP contribution is -2.49. The highest BCUT2D eigenvalue weighted by molar-refractivity contribution is 7.84. The molecular formula is C55H68N16O5S. The summed E-state index contributed by atoms with van der Waals surface area (Å²) in [6, 6.07) is 16.5. The van der Waals surface area contributed by atoms with Crippen LogP contribution in [0.2, 0.25) is 0 Å². The number of rotatable bonds is 9. The molecule has 2 aliphatic carbocycles. The van der Waals surface area contributed by atoms with Crippen LogP contribution < -0.4 is 32.0 Å².